The first-order chi connectivity index (χ1) is 13.4. The van der Waals surface area contributed by atoms with Crippen molar-refractivity contribution in [2.24, 2.45) is 0 Å². The Morgan fingerprint density at radius 1 is 1.04 bits per heavy atom. The number of rotatable bonds is 2. The van der Waals surface area contributed by atoms with Crippen molar-refractivity contribution in [3.63, 3.8) is 0 Å². The molecule has 1 aromatic carbocycles. The first-order valence-electron chi connectivity index (χ1n) is 9.09. The van der Waals surface area contributed by atoms with Crippen molar-refractivity contribution in [1.82, 2.24) is 14.8 Å². The van der Waals surface area contributed by atoms with E-state index in [4.69, 9.17) is 0 Å². The summed E-state index contributed by atoms with van der Waals surface area (Å²) in [5.74, 6) is -2.42. The Balaban J connectivity index is 1.66. The third kappa shape index (κ3) is 4.27. The Hall–Kier alpha value is -3.03. The molecule has 3 amide bonds. The lowest BCUT2D eigenvalue weighted by Crippen LogP contribution is -2.39. The minimum atomic E-state index is -0.987. The van der Waals surface area contributed by atoms with Crippen LogP contribution in [0, 0.1) is 25.5 Å². The Kier molecular flexibility index (Phi) is 5.87. The van der Waals surface area contributed by atoms with E-state index in [1.54, 1.807) is 4.90 Å². The first kappa shape index (κ1) is 19.7. The van der Waals surface area contributed by atoms with Crippen molar-refractivity contribution < 1.29 is 18.4 Å². The van der Waals surface area contributed by atoms with Gasteiger partial charge < -0.3 is 15.1 Å². The van der Waals surface area contributed by atoms with Crippen molar-refractivity contribution in [3.05, 3.63) is 58.9 Å². The van der Waals surface area contributed by atoms with Crippen LogP contribution < -0.4 is 5.32 Å². The van der Waals surface area contributed by atoms with Gasteiger partial charge in [-0.3, -0.25) is 4.79 Å². The number of aromatic nitrogens is 1. The fourth-order valence-electron chi connectivity index (χ4n) is 3.24. The number of benzene rings is 1. The average Bonchev–Trinajstić information content (AvgIpc) is 2.90. The van der Waals surface area contributed by atoms with Gasteiger partial charge in [0.05, 0.1) is 6.20 Å². The Bertz CT molecular complexity index is 884. The van der Waals surface area contributed by atoms with E-state index in [0.29, 0.717) is 32.1 Å². The van der Waals surface area contributed by atoms with Gasteiger partial charge in [0.2, 0.25) is 0 Å². The molecule has 28 heavy (non-hydrogen) atoms. The number of nitrogens with one attached hydrogen (secondary N) is 1. The number of nitrogens with zero attached hydrogens (tertiary/aromatic N) is 3. The number of para-hydroxylation sites is 1. The fourth-order valence-corrected chi connectivity index (χ4v) is 3.24. The number of hydrogen-bond donors (Lipinski definition) is 1. The van der Waals surface area contributed by atoms with Gasteiger partial charge in [-0.05, 0) is 31.4 Å². The van der Waals surface area contributed by atoms with E-state index >= 15 is 0 Å². The van der Waals surface area contributed by atoms with Crippen molar-refractivity contribution in [1.29, 1.82) is 0 Å². The summed E-state index contributed by atoms with van der Waals surface area (Å²) in [6.07, 6.45) is 1.37. The lowest BCUT2D eigenvalue weighted by Gasteiger charge is -2.23. The zero-order valence-corrected chi connectivity index (χ0v) is 15.8. The molecule has 0 bridgehead atoms. The first-order valence-corrected chi connectivity index (χ1v) is 9.09. The van der Waals surface area contributed by atoms with Gasteiger partial charge in [0, 0.05) is 37.9 Å². The molecule has 1 saturated heterocycles. The minimum Gasteiger partial charge on any atom is -0.335 e. The number of aryl methyl sites for hydroxylation is 2. The average molecular weight is 388 g/mol. The molecule has 0 radical (unpaired) electrons. The quantitative estimate of drug-likeness (QED) is 0.858. The number of anilines is 1. The summed E-state index contributed by atoms with van der Waals surface area (Å²) in [6.45, 7) is 5.25. The Morgan fingerprint density at radius 2 is 1.68 bits per heavy atom. The molecule has 148 valence electrons. The van der Waals surface area contributed by atoms with Gasteiger partial charge in [-0.2, -0.15) is 0 Å². The highest BCUT2D eigenvalue weighted by molar-refractivity contribution is 5.93. The van der Waals surface area contributed by atoms with E-state index in [1.165, 1.54) is 4.90 Å². The summed E-state index contributed by atoms with van der Waals surface area (Å²) in [7, 11) is 0. The molecular formula is C20H22F2N4O2. The number of amides is 3. The molecule has 2 heterocycles. The number of urea groups is 1. The van der Waals surface area contributed by atoms with Crippen LogP contribution in [-0.2, 0) is 0 Å². The lowest BCUT2D eigenvalue weighted by atomic mass is 10.1. The standard InChI is InChI=1S/C20H22F2N4O2/c1-13-5-3-6-14(2)17(13)24-20(28)26-8-4-7-25(9-10-26)19(27)18-16(22)11-15(21)12-23-18/h3,5-6,11-12H,4,7-10H2,1-2H3,(H,24,28). The van der Waals surface area contributed by atoms with Gasteiger partial charge in [-0.1, -0.05) is 18.2 Å². The summed E-state index contributed by atoms with van der Waals surface area (Å²) in [6, 6.07) is 6.18. The zero-order chi connectivity index (χ0) is 20.3. The van der Waals surface area contributed by atoms with Crippen LogP contribution in [0.4, 0.5) is 19.3 Å². The van der Waals surface area contributed by atoms with Crippen LogP contribution in [0.1, 0.15) is 28.0 Å². The highest BCUT2D eigenvalue weighted by atomic mass is 19.1. The molecule has 0 spiro atoms. The fraction of sp³-hybridized carbons (Fsp3) is 0.350. The second-order valence-electron chi connectivity index (χ2n) is 6.81. The predicted molar refractivity (Wildman–Crippen MR) is 101 cm³/mol. The van der Waals surface area contributed by atoms with Crippen LogP contribution in [-0.4, -0.2) is 52.9 Å². The van der Waals surface area contributed by atoms with Crippen LogP contribution >= 0.6 is 0 Å². The van der Waals surface area contributed by atoms with Crippen molar-refractivity contribution >= 4 is 17.6 Å². The molecule has 1 aliphatic rings. The topological polar surface area (TPSA) is 65.5 Å². The van der Waals surface area contributed by atoms with Crippen LogP contribution in [0.5, 0.6) is 0 Å². The van der Waals surface area contributed by atoms with Gasteiger partial charge in [-0.25, -0.2) is 18.6 Å². The van der Waals surface area contributed by atoms with Crippen LogP contribution in [0.25, 0.3) is 0 Å². The molecule has 2 aromatic rings. The van der Waals surface area contributed by atoms with Gasteiger partial charge in [0.15, 0.2) is 11.5 Å². The molecule has 1 fully saturated rings. The second kappa shape index (κ2) is 8.33. The minimum absolute atomic E-state index is 0.238. The van der Waals surface area contributed by atoms with E-state index in [1.807, 2.05) is 32.0 Å². The number of carbonyl (C=O) groups excluding carboxylic acids is 2. The van der Waals surface area contributed by atoms with Gasteiger partial charge in [-0.15, -0.1) is 0 Å². The van der Waals surface area contributed by atoms with Gasteiger partial charge in [0.1, 0.15) is 5.82 Å². The zero-order valence-electron chi connectivity index (χ0n) is 15.8. The van der Waals surface area contributed by atoms with Crippen LogP contribution in [0.3, 0.4) is 0 Å². The summed E-state index contributed by atoms with van der Waals surface area (Å²) in [4.78, 5) is 31.8. The number of halogens is 2. The maximum Gasteiger partial charge on any atom is 0.321 e. The molecule has 8 heteroatoms. The molecule has 1 aliphatic heterocycles. The van der Waals surface area contributed by atoms with E-state index in [2.05, 4.69) is 10.3 Å². The van der Waals surface area contributed by atoms with Gasteiger partial charge in [0.25, 0.3) is 5.91 Å². The highest BCUT2D eigenvalue weighted by Crippen LogP contribution is 2.20. The molecule has 3 rings (SSSR count). The van der Waals surface area contributed by atoms with E-state index in [9.17, 15) is 18.4 Å². The largest absolute Gasteiger partial charge is 0.335 e. The SMILES string of the molecule is Cc1cccc(C)c1NC(=O)N1CCCN(C(=O)c2ncc(F)cc2F)CC1. The van der Waals surface area contributed by atoms with E-state index in [0.717, 1.165) is 23.0 Å². The highest BCUT2D eigenvalue weighted by Gasteiger charge is 2.26. The molecule has 1 aromatic heterocycles. The third-order valence-electron chi connectivity index (χ3n) is 4.79. The maximum absolute atomic E-state index is 13.9. The smallest absolute Gasteiger partial charge is 0.321 e. The lowest BCUT2D eigenvalue weighted by molar-refractivity contribution is 0.0751. The monoisotopic (exact) mass is 388 g/mol. The van der Waals surface area contributed by atoms with E-state index in [-0.39, 0.29) is 12.6 Å². The Labute approximate surface area is 162 Å². The second-order valence-corrected chi connectivity index (χ2v) is 6.81. The molecular weight excluding hydrogens is 366 g/mol. The maximum atomic E-state index is 13.9. The third-order valence-corrected chi connectivity index (χ3v) is 4.79. The number of pyridine rings is 1. The van der Waals surface area contributed by atoms with Crippen molar-refractivity contribution in [2.75, 3.05) is 31.5 Å². The Morgan fingerprint density at radius 3 is 2.36 bits per heavy atom. The van der Waals surface area contributed by atoms with Crippen molar-refractivity contribution in [2.45, 2.75) is 20.3 Å². The summed E-state index contributed by atoms with van der Waals surface area (Å²) in [5, 5.41) is 2.94. The summed E-state index contributed by atoms with van der Waals surface area (Å²) >= 11 is 0. The van der Waals surface area contributed by atoms with Crippen LogP contribution in [0.15, 0.2) is 30.5 Å². The molecule has 0 atom stereocenters. The van der Waals surface area contributed by atoms with Crippen LogP contribution in [0.2, 0.25) is 0 Å². The molecule has 0 unspecified atom stereocenters. The number of hydrogen-bond acceptors (Lipinski definition) is 3. The molecule has 6 nitrogen and oxygen atoms in total. The van der Waals surface area contributed by atoms with Gasteiger partial charge >= 0.3 is 6.03 Å². The summed E-state index contributed by atoms with van der Waals surface area (Å²) in [5.41, 5.74) is 2.31. The molecule has 0 aliphatic carbocycles. The summed E-state index contributed by atoms with van der Waals surface area (Å²) < 4.78 is 26.9. The molecule has 0 saturated carbocycles. The predicted octanol–water partition coefficient (Wildman–Crippen LogP) is 3.36. The normalized spacial score (nSPS) is 14.6. The number of carbonyl (C=O) groups is 2. The van der Waals surface area contributed by atoms with E-state index < -0.39 is 23.2 Å². The van der Waals surface area contributed by atoms with Crippen molar-refractivity contribution in [3.8, 4) is 0 Å². The molecule has 1 N–H and O–H groups in total.